The van der Waals surface area contributed by atoms with E-state index in [0.717, 1.165) is 28.1 Å². The molecule has 0 amide bonds. The van der Waals surface area contributed by atoms with Gasteiger partial charge in [-0.2, -0.15) is 0 Å². The Kier molecular flexibility index (Phi) is 3.64. The van der Waals surface area contributed by atoms with E-state index in [1.165, 1.54) is 44.1 Å². The van der Waals surface area contributed by atoms with Crippen LogP contribution >= 0.6 is 0 Å². The largest absolute Gasteiger partial charge is 0.505 e. The average Bonchev–Trinajstić information content (AvgIpc) is 2.46. The fourth-order valence-corrected chi connectivity index (χ4v) is 3.51. The van der Waals surface area contributed by atoms with E-state index in [2.05, 4.69) is 23.2 Å². The van der Waals surface area contributed by atoms with Crippen molar-refractivity contribution in [3.05, 3.63) is 35.2 Å². The number of hydrogen-bond acceptors (Lipinski definition) is 2. The van der Waals surface area contributed by atoms with Crippen molar-refractivity contribution in [1.29, 1.82) is 0 Å². The molecular formula is C18H23NO. The van der Waals surface area contributed by atoms with E-state index in [1.54, 1.807) is 0 Å². The molecule has 2 aromatic rings. The number of nitrogens with zero attached hydrogens (tertiary/aromatic N) is 1. The van der Waals surface area contributed by atoms with Crippen LogP contribution in [0.25, 0.3) is 10.8 Å². The van der Waals surface area contributed by atoms with Gasteiger partial charge in [0, 0.05) is 16.5 Å². The zero-order chi connectivity index (χ0) is 14.1. The van der Waals surface area contributed by atoms with E-state index in [-0.39, 0.29) is 0 Å². The Hall–Kier alpha value is -1.57. The first-order valence-corrected chi connectivity index (χ1v) is 7.74. The third-order valence-electron chi connectivity index (χ3n) is 4.66. The van der Waals surface area contributed by atoms with Crippen LogP contribution in [0.1, 0.15) is 49.1 Å². The Balaban J connectivity index is 1.94. The lowest BCUT2D eigenvalue weighted by Crippen LogP contribution is -2.09. The van der Waals surface area contributed by atoms with Gasteiger partial charge in [-0.25, -0.2) is 0 Å². The summed E-state index contributed by atoms with van der Waals surface area (Å²) in [7, 11) is 0. The molecule has 0 saturated heterocycles. The van der Waals surface area contributed by atoms with Gasteiger partial charge >= 0.3 is 0 Å². The summed E-state index contributed by atoms with van der Waals surface area (Å²) >= 11 is 0. The topological polar surface area (TPSA) is 33.1 Å². The van der Waals surface area contributed by atoms with Crippen molar-refractivity contribution >= 4 is 10.8 Å². The van der Waals surface area contributed by atoms with Crippen molar-refractivity contribution in [1.82, 2.24) is 4.98 Å². The molecule has 0 atom stereocenters. The van der Waals surface area contributed by atoms with Crippen molar-refractivity contribution in [2.24, 2.45) is 5.92 Å². The highest BCUT2D eigenvalue weighted by molar-refractivity contribution is 5.90. The lowest BCUT2D eigenvalue weighted by Gasteiger charge is -2.21. The summed E-state index contributed by atoms with van der Waals surface area (Å²) < 4.78 is 0. The molecule has 2 heteroatoms. The highest BCUT2D eigenvalue weighted by Crippen LogP contribution is 2.32. The standard InChI is InChI=1S/C18H23NO/c1-12-17-11-15(10-14-6-4-3-5-7-14)8-9-16(17)18(20)13(2)19-12/h8-9,11,14,20H,3-7,10H2,1-2H3. The van der Waals surface area contributed by atoms with Crippen LogP contribution < -0.4 is 0 Å². The first-order valence-electron chi connectivity index (χ1n) is 7.74. The quantitative estimate of drug-likeness (QED) is 0.858. The predicted octanol–water partition coefficient (Wildman–Crippen LogP) is 4.68. The second kappa shape index (κ2) is 5.43. The number of aryl methyl sites for hydroxylation is 2. The fraction of sp³-hybridized carbons (Fsp3) is 0.500. The maximum Gasteiger partial charge on any atom is 0.144 e. The Morgan fingerprint density at radius 2 is 1.80 bits per heavy atom. The molecule has 1 heterocycles. The second-order valence-electron chi connectivity index (χ2n) is 6.22. The molecule has 3 rings (SSSR count). The fourth-order valence-electron chi connectivity index (χ4n) is 3.51. The van der Waals surface area contributed by atoms with Crippen LogP contribution in [0.15, 0.2) is 18.2 Å². The van der Waals surface area contributed by atoms with Crippen LogP contribution in [0, 0.1) is 19.8 Å². The first-order chi connectivity index (χ1) is 9.65. The van der Waals surface area contributed by atoms with Gasteiger partial charge in [0.1, 0.15) is 5.75 Å². The van der Waals surface area contributed by atoms with E-state index in [1.807, 2.05) is 13.8 Å². The van der Waals surface area contributed by atoms with E-state index in [4.69, 9.17) is 0 Å². The molecule has 1 aliphatic rings. The molecule has 1 N–H and O–H groups in total. The summed E-state index contributed by atoms with van der Waals surface area (Å²) in [4.78, 5) is 4.44. The van der Waals surface area contributed by atoms with Crippen molar-refractivity contribution in [3.8, 4) is 5.75 Å². The van der Waals surface area contributed by atoms with Gasteiger partial charge in [0.2, 0.25) is 0 Å². The molecular weight excluding hydrogens is 246 g/mol. The van der Waals surface area contributed by atoms with Crippen molar-refractivity contribution in [2.45, 2.75) is 52.4 Å². The van der Waals surface area contributed by atoms with E-state index < -0.39 is 0 Å². The van der Waals surface area contributed by atoms with Gasteiger partial charge in [0.05, 0.1) is 5.69 Å². The summed E-state index contributed by atoms with van der Waals surface area (Å²) in [6.45, 7) is 3.89. The molecule has 2 nitrogen and oxygen atoms in total. The Morgan fingerprint density at radius 1 is 1.05 bits per heavy atom. The zero-order valence-corrected chi connectivity index (χ0v) is 12.4. The van der Waals surface area contributed by atoms with E-state index in [0.29, 0.717) is 5.75 Å². The maximum atomic E-state index is 10.1. The van der Waals surface area contributed by atoms with Crippen LogP contribution in [0.2, 0.25) is 0 Å². The molecule has 106 valence electrons. The van der Waals surface area contributed by atoms with Crippen LogP contribution in [-0.4, -0.2) is 10.1 Å². The van der Waals surface area contributed by atoms with Gasteiger partial charge in [-0.05, 0) is 37.8 Å². The molecule has 0 spiro atoms. The summed E-state index contributed by atoms with van der Waals surface area (Å²) in [5, 5.41) is 12.2. The third-order valence-corrected chi connectivity index (χ3v) is 4.66. The van der Waals surface area contributed by atoms with Crippen LogP contribution in [0.3, 0.4) is 0 Å². The molecule has 0 radical (unpaired) electrons. The number of pyridine rings is 1. The third kappa shape index (κ3) is 2.52. The number of hydrogen-bond donors (Lipinski definition) is 1. The van der Waals surface area contributed by atoms with Gasteiger partial charge in [-0.1, -0.05) is 44.2 Å². The number of benzene rings is 1. The average molecular weight is 269 g/mol. The van der Waals surface area contributed by atoms with E-state index in [9.17, 15) is 5.11 Å². The molecule has 1 aliphatic carbocycles. The molecule has 20 heavy (non-hydrogen) atoms. The summed E-state index contributed by atoms with van der Waals surface area (Å²) in [6.07, 6.45) is 8.09. The lowest BCUT2D eigenvalue weighted by atomic mass is 9.84. The molecule has 1 aromatic heterocycles. The first kappa shape index (κ1) is 13.4. The van der Waals surface area contributed by atoms with Gasteiger partial charge in [-0.15, -0.1) is 0 Å². The summed E-state index contributed by atoms with van der Waals surface area (Å²) in [6, 6.07) is 6.46. The minimum absolute atomic E-state index is 0.329. The minimum atomic E-state index is 0.329. The number of aromatic nitrogens is 1. The van der Waals surface area contributed by atoms with Crippen molar-refractivity contribution < 1.29 is 5.11 Å². The van der Waals surface area contributed by atoms with E-state index >= 15 is 0 Å². The minimum Gasteiger partial charge on any atom is -0.505 e. The normalized spacial score (nSPS) is 16.7. The highest BCUT2D eigenvalue weighted by Gasteiger charge is 2.15. The molecule has 1 fully saturated rings. The molecule has 0 bridgehead atoms. The summed E-state index contributed by atoms with van der Waals surface area (Å²) in [5.74, 6) is 1.17. The lowest BCUT2D eigenvalue weighted by molar-refractivity contribution is 0.357. The molecule has 0 aliphatic heterocycles. The Labute approximate surface area is 120 Å². The molecule has 1 saturated carbocycles. The maximum absolute atomic E-state index is 10.1. The predicted molar refractivity (Wildman–Crippen MR) is 83.2 cm³/mol. The van der Waals surface area contributed by atoms with Crippen molar-refractivity contribution in [3.63, 3.8) is 0 Å². The van der Waals surface area contributed by atoms with Crippen LogP contribution in [0.4, 0.5) is 0 Å². The summed E-state index contributed by atoms with van der Waals surface area (Å²) in [5.41, 5.74) is 3.12. The monoisotopic (exact) mass is 269 g/mol. The van der Waals surface area contributed by atoms with Gasteiger partial charge in [-0.3, -0.25) is 4.98 Å². The zero-order valence-electron chi connectivity index (χ0n) is 12.4. The van der Waals surface area contributed by atoms with Gasteiger partial charge in [0.15, 0.2) is 0 Å². The Morgan fingerprint density at radius 3 is 2.55 bits per heavy atom. The van der Waals surface area contributed by atoms with Crippen LogP contribution in [0.5, 0.6) is 5.75 Å². The highest BCUT2D eigenvalue weighted by atomic mass is 16.3. The smallest absolute Gasteiger partial charge is 0.144 e. The molecule has 1 aromatic carbocycles. The number of aromatic hydroxyl groups is 1. The molecule has 0 unspecified atom stereocenters. The number of fused-ring (bicyclic) bond motifs is 1. The van der Waals surface area contributed by atoms with Gasteiger partial charge < -0.3 is 5.11 Å². The SMILES string of the molecule is Cc1nc(C)c2cc(CC3CCCCC3)ccc2c1O. The number of rotatable bonds is 2. The second-order valence-corrected chi connectivity index (χ2v) is 6.22. The van der Waals surface area contributed by atoms with Crippen molar-refractivity contribution in [2.75, 3.05) is 0 Å². The Bertz CT molecular complexity index is 627. The van der Waals surface area contributed by atoms with Gasteiger partial charge in [0.25, 0.3) is 0 Å². The van der Waals surface area contributed by atoms with Crippen LogP contribution in [-0.2, 0) is 6.42 Å².